The first kappa shape index (κ1) is 11.4. The quantitative estimate of drug-likeness (QED) is 0.475. The molecule has 0 saturated carbocycles. The molecule has 0 unspecified atom stereocenters. The molecule has 0 aliphatic carbocycles. The van der Waals surface area contributed by atoms with Crippen LogP contribution in [0.15, 0.2) is 0 Å². The summed E-state index contributed by atoms with van der Waals surface area (Å²) in [4.78, 5) is 10.7. The molecule has 0 heterocycles. The van der Waals surface area contributed by atoms with Crippen LogP contribution in [0.4, 0.5) is 0 Å². The summed E-state index contributed by atoms with van der Waals surface area (Å²) in [6.45, 7) is 0.563. The van der Waals surface area contributed by atoms with E-state index in [2.05, 4.69) is 5.32 Å². The van der Waals surface area contributed by atoms with E-state index in [1.54, 1.807) is 7.05 Å². The number of hydrogen-bond donors (Lipinski definition) is 1. The molecule has 0 spiro atoms. The summed E-state index contributed by atoms with van der Waals surface area (Å²) < 4.78 is 0. The second-order valence-corrected chi connectivity index (χ2v) is 2.84. The molecule has 1 N–H and O–H groups in total. The van der Waals surface area contributed by atoms with Gasteiger partial charge in [0.1, 0.15) is 0 Å². The maximum absolute atomic E-state index is 10.7. The van der Waals surface area contributed by atoms with Crippen LogP contribution >= 0.6 is 0 Å². The van der Waals surface area contributed by atoms with Crippen LogP contribution in [-0.2, 0) is 4.79 Å². The second-order valence-electron chi connectivity index (χ2n) is 2.84. The van der Waals surface area contributed by atoms with Crippen molar-refractivity contribution in [2.24, 2.45) is 0 Å². The minimum atomic E-state index is 0.0745. The number of carbonyl (C=O) groups excluding carboxylic acids is 1. The zero-order valence-corrected chi connectivity index (χ0v) is 7.80. The van der Waals surface area contributed by atoms with Crippen LogP contribution < -0.4 is 5.32 Å². The van der Waals surface area contributed by atoms with Crippen molar-refractivity contribution in [2.75, 3.05) is 20.6 Å². The van der Waals surface area contributed by atoms with Gasteiger partial charge < -0.3 is 15.6 Å². The topological polar surface area (TPSA) is 55.4 Å². The van der Waals surface area contributed by atoms with E-state index in [0.29, 0.717) is 13.0 Å². The minimum absolute atomic E-state index is 0.0745. The standard InChI is InChI=1S/C8H17N2O2/c1-9-8(11)6-4-3-5-7-10(2)12/h3-7H2,1-2H3,(H,9,11)/q-1. The van der Waals surface area contributed by atoms with Gasteiger partial charge in [-0.2, -0.15) is 0 Å². The number of hydrogen-bond acceptors (Lipinski definition) is 3. The first-order chi connectivity index (χ1) is 5.66. The third kappa shape index (κ3) is 7.50. The van der Waals surface area contributed by atoms with Gasteiger partial charge in [-0.3, -0.25) is 4.79 Å². The molecule has 0 aromatic heterocycles. The molecule has 4 heteroatoms. The summed E-state index contributed by atoms with van der Waals surface area (Å²) in [6, 6.07) is 0. The van der Waals surface area contributed by atoms with Gasteiger partial charge in [0.05, 0.1) is 0 Å². The Morgan fingerprint density at radius 2 is 2.08 bits per heavy atom. The summed E-state index contributed by atoms with van der Waals surface area (Å²) in [7, 11) is 3.15. The first-order valence-electron chi connectivity index (χ1n) is 4.25. The van der Waals surface area contributed by atoms with Crippen molar-refractivity contribution in [1.29, 1.82) is 0 Å². The van der Waals surface area contributed by atoms with E-state index in [1.165, 1.54) is 7.05 Å². The van der Waals surface area contributed by atoms with E-state index in [1.807, 2.05) is 0 Å². The number of unbranched alkanes of at least 4 members (excludes halogenated alkanes) is 2. The highest BCUT2D eigenvalue weighted by Gasteiger charge is 1.96. The smallest absolute Gasteiger partial charge is 0.219 e. The average molecular weight is 173 g/mol. The lowest BCUT2D eigenvalue weighted by Crippen LogP contribution is -2.17. The van der Waals surface area contributed by atoms with Crippen molar-refractivity contribution in [1.82, 2.24) is 10.4 Å². The van der Waals surface area contributed by atoms with Gasteiger partial charge in [0.25, 0.3) is 0 Å². The van der Waals surface area contributed by atoms with E-state index in [0.717, 1.165) is 24.3 Å². The third-order valence-corrected chi connectivity index (χ3v) is 1.66. The predicted molar refractivity (Wildman–Crippen MR) is 48.5 cm³/mol. The van der Waals surface area contributed by atoms with E-state index in [-0.39, 0.29) is 5.91 Å². The molecule has 0 radical (unpaired) electrons. The van der Waals surface area contributed by atoms with Gasteiger partial charge in [0, 0.05) is 13.5 Å². The Labute approximate surface area is 73.5 Å². The Hall–Kier alpha value is -0.610. The highest BCUT2D eigenvalue weighted by Crippen LogP contribution is 1.99. The molecule has 0 bridgehead atoms. The van der Waals surface area contributed by atoms with E-state index >= 15 is 0 Å². The van der Waals surface area contributed by atoms with Crippen molar-refractivity contribution < 1.29 is 4.79 Å². The van der Waals surface area contributed by atoms with Crippen molar-refractivity contribution >= 4 is 5.91 Å². The Balaban J connectivity index is 3.05. The molecule has 0 aromatic rings. The number of hydroxylamine groups is 2. The molecule has 0 aromatic carbocycles. The average Bonchev–Trinajstić information content (AvgIpc) is 2.03. The van der Waals surface area contributed by atoms with Crippen LogP contribution in [0, 0.1) is 5.21 Å². The predicted octanol–water partition coefficient (Wildman–Crippen LogP) is 0.722. The van der Waals surface area contributed by atoms with E-state index in [4.69, 9.17) is 0 Å². The van der Waals surface area contributed by atoms with Crippen LogP contribution in [0.1, 0.15) is 25.7 Å². The molecule has 0 fully saturated rings. The third-order valence-electron chi connectivity index (χ3n) is 1.66. The Bertz CT molecular complexity index is 126. The fraction of sp³-hybridized carbons (Fsp3) is 0.875. The lowest BCUT2D eigenvalue weighted by atomic mass is 10.2. The number of nitrogens with one attached hydrogen (secondary N) is 1. The van der Waals surface area contributed by atoms with Gasteiger partial charge in [0.15, 0.2) is 0 Å². The number of nitrogens with zero attached hydrogens (tertiary/aromatic N) is 1. The summed E-state index contributed by atoms with van der Waals surface area (Å²) in [6.07, 6.45) is 3.25. The van der Waals surface area contributed by atoms with Crippen LogP contribution in [0.3, 0.4) is 0 Å². The minimum Gasteiger partial charge on any atom is -0.785 e. The molecule has 0 aliphatic heterocycles. The highest BCUT2D eigenvalue weighted by atomic mass is 16.5. The van der Waals surface area contributed by atoms with Crippen LogP contribution in [0.5, 0.6) is 0 Å². The highest BCUT2D eigenvalue weighted by molar-refractivity contribution is 5.75. The van der Waals surface area contributed by atoms with Gasteiger partial charge in [-0.15, -0.1) is 0 Å². The van der Waals surface area contributed by atoms with Crippen molar-refractivity contribution in [3.05, 3.63) is 5.21 Å². The normalized spacial score (nSPS) is 10.3. The zero-order chi connectivity index (χ0) is 9.40. The number of carbonyl (C=O) groups is 1. The maximum Gasteiger partial charge on any atom is 0.219 e. The van der Waals surface area contributed by atoms with Gasteiger partial charge in [-0.1, -0.05) is 6.42 Å². The van der Waals surface area contributed by atoms with Gasteiger partial charge >= 0.3 is 0 Å². The molecule has 0 atom stereocenters. The summed E-state index contributed by atoms with van der Waals surface area (Å²) >= 11 is 0. The van der Waals surface area contributed by atoms with Crippen LogP contribution in [0.25, 0.3) is 0 Å². The van der Waals surface area contributed by atoms with Crippen LogP contribution in [0.2, 0.25) is 0 Å². The molecule has 4 nitrogen and oxygen atoms in total. The zero-order valence-electron chi connectivity index (χ0n) is 7.80. The molecule has 1 amide bonds. The SMILES string of the molecule is CNC(=O)CCCCCN(C)[O-]. The summed E-state index contributed by atoms with van der Waals surface area (Å²) in [5.74, 6) is 0.0745. The molecule has 72 valence electrons. The van der Waals surface area contributed by atoms with Gasteiger partial charge in [-0.25, -0.2) is 0 Å². The summed E-state index contributed by atoms with van der Waals surface area (Å²) in [5.41, 5.74) is 0. The molecular formula is C8H17N2O2-. The fourth-order valence-corrected chi connectivity index (χ4v) is 0.922. The van der Waals surface area contributed by atoms with Crippen molar-refractivity contribution in [3.63, 3.8) is 0 Å². The fourth-order valence-electron chi connectivity index (χ4n) is 0.922. The molecule has 12 heavy (non-hydrogen) atoms. The van der Waals surface area contributed by atoms with Gasteiger partial charge in [0.2, 0.25) is 5.91 Å². The molecule has 0 rings (SSSR count). The molecule has 0 saturated heterocycles. The first-order valence-corrected chi connectivity index (χ1v) is 4.25. The summed E-state index contributed by atoms with van der Waals surface area (Å²) in [5, 5.41) is 13.9. The lowest BCUT2D eigenvalue weighted by Gasteiger charge is -2.21. The number of rotatable bonds is 6. The monoisotopic (exact) mass is 173 g/mol. The second kappa shape index (κ2) is 7.06. The Morgan fingerprint density at radius 1 is 1.42 bits per heavy atom. The van der Waals surface area contributed by atoms with Crippen molar-refractivity contribution in [3.8, 4) is 0 Å². The van der Waals surface area contributed by atoms with E-state index in [9.17, 15) is 10.0 Å². The largest absolute Gasteiger partial charge is 0.785 e. The van der Waals surface area contributed by atoms with Gasteiger partial charge in [-0.05, 0) is 26.4 Å². The molecule has 0 aliphatic rings. The lowest BCUT2D eigenvalue weighted by molar-refractivity contribution is -0.120. The Kier molecular flexibility index (Phi) is 6.70. The number of amides is 1. The Morgan fingerprint density at radius 3 is 2.58 bits per heavy atom. The van der Waals surface area contributed by atoms with Crippen molar-refractivity contribution in [2.45, 2.75) is 25.7 Å². The molecular weight excluding hydrogens is 156 g/mol. The van der Waals surface area contributed by atoms with Crippen LogP contribution in [-0.4, -0.2) is 31.6 Å². The van der Waals surface area contributed by atoms with E-state index < -0.39 is 0 Å². The maximum atomic E-state index is 10.7.